The first-order valence-corrected chi connectivity index (χ1v) is 10.5. The number of ether oxygens (including phenoxy) is 1. The minimum atomic E-state index is -0.308. The van der Waals surface area contributed by atoms with Gasteiger partial charge in [-0.2, -0.15) is 0 Å². The molecule has 0 bridgehead atoms. The molecule has 160 valence electrons. The number of carbonyl (C=O) groups excluding carboxylic acids is 1. The summed E-state index contributed by atoms with van der Waals surface area (Å²) >= 11 is 0. The summed E-state index contributed by atoms with van der Waals surface area (Å²) in [5.41, 5.74) is 6.20. The fourth-order valence-electron chi connectivity index (χ4n) is 4.19. The first-order valence-electron chi connectivity index (χ1n) is 10.5. The summed E-state index contributed by atoms with van der Waals surface area (Å²) in [5, 5.41) is 6.40. The highest BCUT2D eigenvalue weighted by atomic mass is 16.5. The number of hydrogen-bond acceptors (Lipinski definition) is 4. The van der Waals surface area contributed by atoms with Crippen LogP contribution in [0, 0.1) is 6.92 Å². The molecule has 1 aliphatic rings. The molecule has 1 amide bonds. The Hall–Kier alpha value is -4.06. The number of methoxy groups -OCH3 is 1. The maximum atomic E-state index is 13.6. The van der Waals surface area contributed by atoms with Crippen molar-refractivity contribution in [1.29, 1.82) is 0 Å². The van der Waals surface area contributed by atoms with E-state index in [0.717, 1.165) is 34.0 Å². The van der Waals surface area contributed by atoms with Crippen molar-refractivity contribution in [3.8, 4) is 5.75 Å². The Balaban J connectivity index is 1.62. The van der Waals surface area contributed by atoms with Crippen LogP contribution in [0.2, 0.25) is 0 Å². The van der Waals surface area contributed by atoms with Gasteiger partial charge in [0.2, 0.25) is 5.95 Å². The minimum absolute atomic E-state index is 0.158. The van der Waals surface area contributed by atoms with Gasteiger partial charge in [0.25, 0.3) is 5.91 Å². The van der Waals surface area contributed by atoms with Crippen LogP contribution in [0.5, 0.6) is 5.75 Å². The van der Waals surface area contributed by atoms with Gasteiger partial charge in [-0.25, -0.2) is 4.98 Å². The third-order valence-corrected chi connectivity index (χ3v) is 5.82. The molecule has 1 atom stereocenters. The second-order valence-electron chi connectivity index (χ2n) is 7.95. The Kier molecular flexibility index (Phi) is 4.90. The van der Waals surface area contributed by atoms with Gasteiger partial charge in [-0.3, -0.25) is 9.36 Å². The van der Waals surface area contributed by atoms with Gasteiger partial charge in [0.1, 0.15) is 5.75 Å². The summed E-state index contributed by atoms with van der Waals surface area (Å²) in [5.74, 6) is 1.31. The smallest absolute Gasteiger partial charge is 0.255 e. The predicted octanol–water partition coefficient (Wildman–Crippen LogP) is 5.28. The maximum Gasteiger partial charge on any atom is 0.255 e. The van der Waals surface area contributed by atoms with Crippen LogP contribution < -0.4 is 15.4 Å². The summed E-state index contributed by atoms with van der Waals surface area (Å²) in [6.07, 6.45) is 0. The number of nitrogens with one attached hydrogen (secondary N) is 2. The normalized spacial score (nSPS) is 15.3. The van der Waals surface area contributed by atoms with E-state index >= 15 is 0 Å². The van der Waals surface area contributed by atoms with Crippen LogP contribution >= 0.6 is 0 Å². The van der Waals surface area contributed by atoms with Gasteiger partial charge >= 0.3 is 0 Å². The number of nitrogens with zero attached hydrogens (tertiary/aromatic N) is 2. The number of allylic oxidation sites excluding steroid dienone is 1. The van der Waals surface area contributed by atoms with Gasteiger partial charge in [0, 0.05) is 11.4 Å². The summed E-state index contributed by atoms with van der Waals surface area (Å²) in [6.45, 7) is 3.98. The number of para-hydroxylation sites is 2. The molecule has 0 spiro atoms. The minimum Gasteiger partial charge on any atom is -0.497 e. The molecule has 3 aromatic carbocycles. The Bertz CT molecular complexity index is 1330. The molecule has 32 heavy (non-hydrogen) atoms. The van der Waals surface area contributed by atoms with Gasteiger partial charge in [-0.15, -0.1) is 0 Å². The van der Waals surface area contributed by atoms with Crippen LogP contribution in [0.1, 0.15) is 24.1 Å². The monoisotopic (exact) mass is 424 g/mol. The third-order valence-electron chi connectivity index (χ3n) is 5.82. The molecular formula is C26H24N4O2. The largest absolute Gasteiger partial charge is 0.497 e. The zero-order chi connectivity index (χ0) is 22.2. The second-order valence-corrected chi connectivity index (χ2v) is 7.95. The fourth-order valence-corrected chi connectivity index (χ4v) is 4.19. The van der Waals surface area contributed by atoms with Gasteiger partial charge < -0.3 is 15.4 Å². The number of aryl methyl sites for hydroxylation is 1. The Morgan fingerprint density at radius 3 is 2.44 bits per heavy atom. The van der Waals surface area contributed by atoms with Crippen molar-refractivity contribution >= 4 is 28.6 Å². The third kappa shape index (κ3) is 3.39. The van der Waals surface area contributed by atoms with Crippen molar-refractivity contribution in [2.45, 2.75) is 19.9 Å². The molecule has 6 heteroatoms. The number of rotatable bonds is 4. The molecule has 0 unspecified atom stereocenters. The molecule has 0 saturated heterocycles. The molecule has 0 saturated carbocycles. The molecule has 0 fully saturated rings. The van der Waals surface area contributed by atoms with Crippen LogP contribution in [0.25, 0.3) is 11.0 Å². The molecule has 4 aromatic rings. The lowest BCUT2D eigenvalue weighted by Crippen LogP contribution is -2.30. The summed E-state index contributed by atoms with van der Waals surface area (Å²) in [4.78, 5) is 18.3. The lowest BCUT2D eigenvalue weighted by atomic mass is 9.93. The number of anilines is 2. The molecular weight excluding hydrogens is 400 g/mol. The van der Waals surface area contributed by atoms with E-state index in [-0.39, 0.29) is 11.9 Å². The Morgan fingerprint density at radius 1 is 1.00 bits per heavy atom. The standard InChI is InChI=1S/C26H24N4O2/c1-16-8-10-18(11-9-16)24-23(25(31)28-19-12-14-20(32-3)15-13-19)17(2)27-26-29-21-6-4-5-7-22(21)30(24)26/h4-15,24H,1-3H3,(H,27,29)(H,28,31)/t24-/m0/s1. The van der Waals surface area contributed by atoms with E-state index in [1.54, 1.807) is 7.11 Å². The van der Waals surface area contributed by atoms with E-state index < -0.39 is 0 Å². The van der Waals surface area contributed by atoms with Crippen molar-refractivity contribution in [2.24, 2.45) is 0 Å². The summed E-state index contributed by atoms with van der Waals surface area (Å²) < 4.78 is 7.33. The molecule has 1 aliphatic heterocycles. The molecule has 5 rings (SSSR count). The number of benzene rings is 3. The van der Waals surface area contributed by atoms with Gasteiger partial charge in [0.05, 0.1) is 29.8 Å². The van der Waals surface area contributed by atoms with Crippen molar-refractivity contribution in [3.05, 3.63) is 95.2 Å². The highest BCUT2D eigenvalue weighted by molar-refractivity contribution is 6.06. The second kappa shape index (κ2) is 7.89. The average Bonchev–Trinajstić information content (AvgIpc) is 3.17. The van der Waals surface area contributed by atoms with Crippen molar-refractivity contribution < 1.29 is 9.53 Å². The number of fused-ring (bicyclic) bond motifs is 3. The van der Waals surface area contributed by atoms with E-state index in [2.05, 4.69) is 46.4 Å². The number of amides is 1. The first kappa shape index (κ1) is 19.9. The van der Waals surface area contributed by atoms with E-state index in [1.165, 1.54) is 5.56 Å². The molecule has 6 nitrogen and oxygen atoms in total. The highest BCUT2D eigenvalue weighted by Gasteiger charge is 2.34. The summed E-state index contributed by atoms with van der Waals surface area (Å²) in [6, 6.07) is 23.3. The zero-order valence-corrected chi connectivity index (χ0v) is 18.2. The quantitative estimate of drug-likeness (QED) is 0.468. The molecule has 0 radical (unpaired) electrons. The lowest BCUT2D eigenvalue weighted by molar-refractivity contribution is -0.113. The molecule has 0 aliphatic carbocycles. The van der Waals surface area contributed by atoms with E-state index in [9.17, 15) is 4.79 Å². The van der Waals surface area contributed by atoms with Crippen LogP contribution in [0.3, 0.4) is 0 Å². The van der Waals surface area contributed by atoms with Crippen LogP contribution in [0.4, 0.5) is 11.6 Å². The SMILES string of the molecule is COc1ccc(NC(=O)C2=C(C)Nc3nc4ccccc4n3[C@H]2c2ccc(C)cc2)cc1. The number of imidazole rings is 1. The van der Waals surface area contributed by atoms with Gasteiger partial charge in [-0.1, -0.05) is 42.0 Å². The van der Waals surface area contributed by atoms with Crippen molar-refractivity contribution in [2.75, 3.05) is 17.7 Å². The molecule has 2 heterocycles. The van der Waals surface area contributed by atoms with Crippen molar-refractivity contribution in [3.63, 3.8) is 0 Å². The Morgan fingerprint density at radius 2 is 1.72 bits per heavy atom. The van der Waals surface area contributed by atoms with Crippen molar-refractivity contribution in [1.82, 2.24) is 9.55 Å². The highest BCUT2D eigenvalue weighted by Crippen LogP contribution is 2.39. The van der Waals surface area contributed by atoms with Crippen LogP contribution in [0.15, 0.2) is 84.1 Å². The lowest BCUT2D eigenvalue weighted by Gasteiger charge is -2.30. The topological polar surface area (TPSA) is 68.2 Å². The number of carbonyl (C=O) groups is 1. The molecule has 1 aromatic heterocycles. The number of hydrogen-bond donors (Lipinski definition) is 2. The molecule has 2 N–H and O–H groups in total. The first-order chi connectivity index (χ1) is 15.5. The van der Waals surface area contributed by atoms with Gasteiger partial charge in [-0.05, 0) is 55.8 Å². The van der Waals surface area contributed by atoms with Gasteiger partial charge in [0.15, 0.2) is 0 Å². The van der Waals surface area contributed by atoms with E-state index in [1.807, 2.05) is 55.5 Å². The predicted molar refractivity (Wildman–Crippen MR) is 127 cm³/mol. The zero-order valence-electron chi connectivity index (χ0n) is 18.2. The summed E-state index contributed by atoms with van der Waals surface area (Å²) in [7, 11) is 1.62. The maximum absolute atomic E-state index is 13.6. The van der Waals surface area contributed by atoms with Crippen LogP contribution in [-0.2, 0) is 4.79 Å². The average molecular weight is 425 g/mol. The fraction of sp³-hybridized carbons (Fsp3) is 0.154. The number of aromatic nitrogens is 2. The van der Waals surface area contributed by atoms with E-state index in [4.69, 9.17) is 9.72 Å². The van der Waals surface area contributed by atoms with Crippen LogP contribution in [-0.4, -0.2) is 22.6 Å². The van der Waals surface area contributed by atoms with E-state index in [0.29, 0.717) is 11.3 Å². The Labute approximate surface area is 186 Å².